The van der Waals surface area contributed by atoms with E-state index in [1.165, 1.54) is 6.92 Å². The molecule has 0 aromatic rings. The second-order valence-electron chi connectivity index (χ2n) is 4.48. The predicted octanol–water partition coefficient (Wildman–Crippen LogP) is 0.505. The van der Waals surface area contributed by atoms with Crippen molar-refractivity contribution in [2.24, 2.45) is 5.92 Å². The van der Waals surface area contributed by atoms with Crippen LogP contribution in [-0.4, -0.2) is 63.7 Å². The summed E-state index contributed by atoms with van der Waals surface area (Å²) in [5.41, 5.74) is 0. The molecule has 1 unspecified atom stereocenters. The van der Waals surface area contributed by atoms with Gasteiger partial charge < -0.3 is 10.2 Å². The lowest BCUT2D eigenvalue weighted by molar-refractivity contribution is -0.175. The second-order valence-corrected chi connectivity index (χ2v) is 6.95. The van der Waals surface area contributed by atoms with Gasteiger partial charge in [0.1, 0.15) is 0 Å². The Morgan fingerprint density at radius 3 is 2.61 bits per heavy atom. The molecule has 0 aromatic heterocycles. The van der Waals surface area contributed by atoms with Crippen LogP contribution in [0.25, 0.3) is 0 Å². The maximum atomic E-state index is 12.7. The molecule has 0 aliphatic carbocycles. The quantitative estimate of drug-likeness (QED) is 0.819. The summed E-state index contributed by atoms with van der Waals surface area (Å²) < 4.78 is 60.6. The topological polar surface area (TPSA) is 49.4 Å². The van der Waals surface area contributed by atoms with Gasteiger partial charge in [-0.1, -0.05) is 6.92 Å². The number of sulfone groups is 1. The molecular weight excluding hydrogens is 269 g/mol. The number of hydrogen-bond acceptors (Lipinski definition) is 4. The van der Waals surface area contributed by atoms with Crippen molar-refractivity contribution in [3.63, 3.8) is 0 Å². The van der Waals surface area contributed by atoms with E-state index in [9.17, 15) is 21.6 Å². The standard InChI is InChI=1S/C10H19F3N2O2S/c1-2-18(16,17)6-5-15-4-3-14-7-9(8-15)10(11,12)13/h9,14H,2-8H2,1H3. The zero-order valence-corrected chi connectivity index (χ0v) is 11.1. The van der Waals surface area contributed by atoms with Crippen molar-refractivity contribution in [2.45, 2.75) is 13.1 Å². The lowest BCUT2D eigenvalue weighted by Crippen LogP contribution is -2.39. The summed E-state index contributed by atoms with van der Waals surface area (Å²) in [6.07, 6.45) is -4.24. The number of hydrogen-bond donors (Lipinski definition) is 1. The largest absolute Gasteiger partial charge is 0.394 e. The monoisotopic (exact) mass is 288 g/mol. The first-order valence-electron chi connectivity index (χ1n) is 5.95. The summed E-state index contributed by atoms with van der Waals surface area (Å²) in [5, 5.41) is 2.73. The first kappa shape index (κ1) is 15.7. The zero-order chi connectivity index (χ0) is 13.8. The van der Waals surface area contributed by atoms with E-state index in [0.717, 1.165) is 0 Å². The highest BCUT2D eigenvalue weighted by molar-refractivity contribution is 7.91. The number of rotatable bonds is 4. The van der Waals surface area contributed by atoms with Gasteiger partial charge in [0, 0.05) is 38.5 Å². The summed E-state index contributed by atoms with van der Waals surface area (Å²) in [6, 6.07) is 0. The SMILES string of the molecule is CCS(=O)(=O)CCN1CCNCC(C(F)(F)F)C1. The molecule has 0 saturated carbocycles. The molecule has 1 N–H and O–H groups in total. The Labute approximate surface area is 105 Å². The van der Waals surface area contributed by atoms with Crippen LogP contribution < -0.4 is 5.32 Å². The number of alkyl halides is 3. The molecule has 1 saturated heterocycles. The number of nitrogens with zero attached hydrogens (tertiary/aromatic N) is 1. The Balaban J connectivity index is 2.55. The maximum Gasteiger partial charge on any atom is 0.394 e. The molecular formula is C10H19F3N2O2S. The van der Waals surface area contributed by atoms with E-state index in [-0.39, 0.29) is 31.1 Å². The number of halogens is 3. The summed E-state index contributed by atoms with van der Waals surface area (Å²) in [4.78, 5) is 1.57. The third-order valence-corrected chi connectivity index (χ3v) is 4.78. The maximum absolute atomic E-state index is 12.7. The molecule has 0 radical (unpaired) electrons. The molecule has 108 valence electrons. The minimum atomic E-state index is -4.24. The van der Waals surface area contributed by atoms with E-state index in [2.05, 4.69) is 5.32 Å². The normalized spacial score (nSPS) is 23.9. The van der Waals surface area contributed by atoms with Crippen molar-refractivity contribution in [1.29, 1.82) is 0 Å². The Bertz CT molecular complexity index is 357. The van der Waals surface area contributed by atoms with Gasteiger partial charge in [0.25, 0.3) is 0 Å². The van der Waals surface area contributed by atoms with Crippen LogP contribution in [0.15, 0.2) is 0 Å². The average molecular weight is 288 g/mol. The fourth-order valence-corrected chi connectivity index (χ4v) is 2.64. The molecule has 1 rings (SSSR count). The summed E-state index contributed by atoms with van der Waals surface area (Å²) in [7, 11) is -3.13. The fourth-order valence-electron chi connectivity index (χ4n) is 1.82. The van der Waals surface area contributed by atoms with Gasteiger partial charge in [-0.05, 0) is 0 Å². The molecule has 1 aliphatic rings. The predicted molar refractivity (Wildman–Crippen MR) is 63.2 cm³/mol. The third kappa shape index (κ3) is 5.11. The van der Waals surface area contributed by atoms with Gasteiger partial charge in [-0.25, -0.2) is 8.42 Å². The Morgan fingerprint density at radius 2 is 2.06 bits per heavy atom. The first-order valence-corrected chi connectivity index (χ1v) is 7.77. The number of nitrogens with one attached hydrogen (secondary N) is 1. The fraction of sp³-hybridized carbons (Fsp3) is 1.00. The van der Waals surface area contributed by atoms with Crippen LogP contribution in [-0.2, 0) is 9.84 Å². The van der Waals surface area contributed by atoms with E-state index in [1.54, 1.807) is 4.90 Å². The molecule has 0 spiro atoms. The van der Waals surface area contributed by atoms with Gasteiger partial charge in [0.2, 0.25) is 0 Å². The smallest absolute Gasteiger partial charge is 0.315 e. The van der Waals surface area contributed by atoms with Crippen LogP contribution in [0.1, 0.15) is 6.92 Å². The third-order valence-electron chi connectivity index (χ3n) is 3.10. The van der Waals surface area contributed by atoms with Crippen LogP contribution in [0.3, 0.4) is 0 Å². The summed E-state index contributed by atoms with van der Waals surface area (Å²) in [5.74, 6) is -1.47. The molecule has 1 aliphatic heterocycles. The molecule has 8 heteroatoms. The highest BCUT2D eigenvalue weighted by Crippen LogP contribution is 2.27. The highest BCUT2D eigenvalue weighted by Gasteiger charge is 2.40. The van der Waals surface area contributed by atoms with Crippen molar-refractivity contribution in [1.82, 2.24) is 10.2 Å². The van der Waals surface area contributed by atoms with Gasteiger partial charge in [0.15, 0.2) is 9.84 Å². The first-order chi connectivity index (χ1) is 8.24. The molecule has 18 heavy (non-hydrogen) atoms. The Kier molecular flexibility index (Phi) is 5.42. The molecule has 1 atom stereocenters. The van der Waals surface area contributed by atoms with Gasteiger partial charge >= 0.3 is 6.18 Å². The average Bonchev–Trinajstić information content (AvgIpc) is 2.51. The van der Waals surface area contributed by atoms with Crippen molar-refractivity contribution in [3.8, 4) is 0 Å². The molecule has 0 amide bonds. The molecule has 0 bridgehead atoms. The van der Waals surface area contributed by atoms with Crippen LogP contribution in [0.5, 0.6) is 0 Å². The van der Waals surface area contributed by atoms with Crippen molar-refractivity contribution in [3.05, 3.63) is 0 Å². The second kappa shape index (κ2) is 6.21. The molecule has 1 fully saturated rings. The molecule has 4 nitrogen and oxygen atoms in total. The zero-order valence-electron chi connectivity index (χ0n) is 10.3. The molecule has 1 heterocycles. The van der Waals surface area contributed by atoms with Gasteiger partial charge in [-0.3, -0.25) is 0 Å². The van der Waals surface area contributed by atoms with Crippen LogP contribution in [0, 0.1) is 5.92 Å². The van der Waals surface area contributed by atoms with E-state index in [1.807, 2.05) is 0 Å². The van der Waals surface area contributed by atoms with Crippen LogP contribution in [0.4, 0.5) is 13.2 Å². The Hall–Kier alpha value is -0.340. The van der Waals surface area contributed by atoms with E-state index in [0.29, 0.717) is 13.1 Å². The lowest BCUT2D eigenvalue weighted by atomic mass is 10.1. The van der Waals surface area contributed by atoms with Gasteiger partial charge in [-0.2, -0.15) is 13.2 Å². The lowest BCUT2D eigenvalue weighted by Gasteiger charge is -2.25. The summed E-state index contributed by atoms with van der Waals surface area (Å²) in [6.45, 7) is 2.39. The minimum Gasteiger partial charge on any atom is -0.315 e. The van der Waals surface area contributed by atoms with Crippen LogP contribution in [0.2, 0.25) is 0 Å². The van der Waals surface area contributed by atoms with Crippen molar-refractivity contribution in [2.75, 3.05) is 44.2 Å². The van der Waals surface area contributed by atoms with Crippen molar-refractivity contribution >= 4 is 9.84 Å². The van der Waals surface area contributed by atoms with E-state index in [4.69, 9.17) is 0 Å². The molecule has 0 aromatic carbocycles. The van der Waals surface area contributed by atoms with Gasteiger partial charge in [-0.15, -0.1) is 0 Å². The summed E-state index contributed by atoms with van der Waals surface area (Å²) >= 11 is 0. The van der Waals surface area contributed by atoms with Crippen molar-refractivity contribution < 1.29 is 21.6 Å². The van der Waals surface area contributed by atoms with Gasteiger partial charge in [0.05, 0.1) is 11.7 Å². The highest BCUT2D eigenvalue weighted by atomic mass is 32.2. The van der Waals surface area contributed by atoms with E-state index >= 15 is 0 Å². The Morgan fingerprint density at radius 1 is 1.39 bits per heavy atom. The van der Waals surface area contributed by atoms with E-state index < -0.39 is 21.9 Å². The minimum absolute atomic E-state index is 0.0296. The van der Waals surface area contributed by atoms with Crippen LogP contribution >= 0.6 is 0 Å².